The summed E-state index contributed by atoms with van der Waals surface area (Å²) in [6.45, 7) is 8.46. The van der Waals surface area contributed by atoms with Crippen LogP contribution in [0.25, 0.3) is 11.8 Å². The van der Waals surface area contributed by atoms with Gasteiger partial charge in [-0.25, -0.2) is 4.98 Å². The summed E-state index contributed by atoms with van der Waals surface area (Å²) in [5.41, 5.74) is 3.01. The summed E-state index contributed by atoms with van der Waals surface area (Å²) in [5, 5.41) is 16.1. The maximum atomic E-state index is 5.50. The third kappa shape index (κ3) is 4.84. The van der Waals surface area contributed by atoms with Gasteiger partial charge in [-0.1, -0.05) is 39.8 Å². The molecule has 0 spiro atoms. The maximum absolute atomic E-state index is 5.50. The number of methoxy groups -OCH3 is 1. The zero-order valence-electron chi connectivity index (χ0n) is 17.1. The summed E-state index contributed by atoms with van der Waals surface area (Å²) in [6.07, 6.45) is 6.10. The highest BCUT2D eigenvalue weighted by Crippen LogP contribution is 2.24. The van der Waals surface area contributed by atoms with E-state index < -0.39 is 0 Å². The summed E-state index contributed by atoms with van der Waals surface area (Å²) in [5.74, 6) is 2.29. The molecule has 148 valence electrons. The number of aromatic nitrogens is 5. The average Bonchev–Trinajstić information content (AvgIpc) is 3.35. The van der Waals surface area contributed by atoms with E-state index in [9.17, 15) is 0 Å². The third-order valence-electron chi connectivity index (χ3n) is 4.32. The molecular formula is C21H27N5OS. The van der Waals surface area contributed by atoms with E-state index >= 15 is 0 Å². The molecule has 0 fully saturated rings. The highest BCUT2D eigenvalue weighted by Gasteiger charge is 2.10. The second-order valence-corrected chi connectivity index (χ2v) is 8.18. The van der Waals surface area contributed by atoms with E-state index in [-0.39, 0.29) is 5.92 Å². The van der Waals surface area contributed by atoms with E-state index in [1.54, 1.807) is 23.2 Å². The smallest absolute Gasteiger partial charge is 0.177 e. The second-order valence-electron chi connectivity index (χ2n) is 7.29. The molecule has 6 nitrogen and oxygen atoms in total. The lowest BCUT2D eigenvalue weighted by Crippen LogP contribution is -2.01. The van der Waals surface area contributed by atoms with Crippen LogP contribution in [0.5, 0.6) is 5.75 Å². The molecule has 3 aromatic rings. The first-order chi connectivity index (χ1) is 13.5. The molecule has 7 heteroatoms. The minimum absolute atomic E-state index is 0.244. The van der Waals surface area contributed by atoms with Crippen molar-refractivity contribution in [2.45, 2.75) is 52.4 Å². The molecule has 28 heavy (non-hydrogen) atoms. The van der Waals surface area contributed by atoms with Gasteiger partial charge in [-0.15, -0.1) is 26.3 Å². The van der Waals surface area contributed by atoms with Crippen molar-refractivity contribution in [1.29, 1.82) is 0 Å². The summed E-state index contributed by atoms with van der Waals surface area (Å²) in [6, 6.07) is 5.88. The number of rotatable bonds is 8. The molecule has 0 N–H and O–H groups in total. The Morgan fingerprint density at radius 1 is 1.18 bits per heavy atom. The van der Waals surface area contributed by atoms with Crippen LogP contribution in [0.3, 0.4) is 0 Å². The Morgan fingerprint density at radius 2 is 2.00 bits per heavy atom. The fourth-order valence-corrected chi connectivity index (χ4v) is 3.56. The van der Waals surface area contributed by atoms with Crippen LogP contribution in [0, 0.1) is 0 Å². The number of hydrogen-bond acceptors (Lipinski definition) is 6. The van der Waals surface area contributed by atoms with Crippen molar-refractivity contribution >= 4 is 17.4 Å². The molecule has 0 saturated heterocycles. The fourth-order valence-electron chi connectivity index (χ4n) is 2.69. The number of thiazole rings is 1. The zero-order valence-corrected chi connectivity index (χ0v) is 17.9. The second kappa shape index (κ2) is 9.10. The predicted octanol–water partition coefficient (Wildman–Crippen LogP) is 5.02. The van der Waals surface area contributed by atoms with Gasteiger partial charge < -0.3 is 4.74 Å². The van der Waals surface area contributed by atoms with E-state index in [1.165, 1.54) is 5.01 Å². The quantitative estimate of drug-likeness (QED) is 0.534. The van der Waals surface area contributed by atoms with Crippen molar-refractivity contribution in [1.82, 2.24) is 25.2 Å². The van der Waals surface area contributed by atoms with Gasteiger partial charge in [0.15, 0.2) is 5.82 Å². The van der Waals surface area contributed by atoms with Crippen molar-refractivity contribution in [2.24, 2.45) is 0 Å². The van der Waals surface area contributed by atoms with E-state index in [2.05, 4.69) is 60.6 Å². The van der Waals surface area contributed by atoms with Gasteiger partial charge in [0.25, 0.3) is 0 Å². The van der Waals surface area contributed by atoms with Crippen LogP contribution in [-0.2, 0) is 6.42 Å². The minimum atomic E-state index is 0.244. The maximum Gasteiger partial charge on any atom is 0.177 e. The van der Waals surface area contributed by atoms with Gasteiger partial charge >= 0.3 is 0 Å². The summed E-state index contributed by atoms with van der Waals surface area (Å²) in [4.78, 5) is 6.26. The van der Waals surface area contributed by atoms with Gasteiger partial charge in [0.2, 0.25) is 0 Å². The molecule has 1 aromatic carbocycles. The lowest BCUT2D eigenvalue weighted by atomic mass is 10.1. The van der Waals surface area contributed by atoms with Gasteiger partial charge in [0.05, 0.1) is 23.5 Å². The monoisotopic (exact) mass is 397 g/mol. The number of tetrazole rings is 1. The lowest BCUT2D eigenvalue weighted by molar-refractivity contribution is 0.413. The van der Waals surface area contributed by atoms with Crippen LogP contribution in [-0.4, -0.2) is 32.3 Å². The number of aryl methyl sites for hydroxylation is 1. The SMILES string of the molecule is COc1ccc(-n2nnc(C(C)C)n2)cc1C=CCCc1csc(C(C)C)n1. The van der Waals surface area contributed by atoms with Crippen LogP contribution < -0.4 is 4.74 Å². The molecule has 0 atom stereocenters. The minimum Gasteiger partial charge on any atom is -0.496 e. The van der Waals surface area contributed by atoms with Crippen molar-refractivity contribution in [2.75, 3.05) is 7.11 Å². The van der Waals surface area contributed by atoms with Crippen molar-refractivity contribution in [3.8, 4) is 11.4 Å². The Balaban J connectivity index is 1.71. The van der Waals surface area contributed by atoms with E-state index in [0.717, 1.165) is 41.4 Å². The Morgan fingerprint density at radius 3 is 2.64 bits per heavy atom. The van der Waals surface area contributed by atoms with E-state index in [1.807, 2.05) is 18.2 Å². The first-order valence-corrected chi connectivity index (χ1v) is 10.4. The molecule has 0 amide bonds. The van der Waals surface area contributed by atoms with Crippen LogP contribution >= 0.6 is 11.3 Å². The van der Waals surface area contributed by atoms with Crippen molar-refractivity contribution in [3.05, 3.63) is 51.7 Å². The first kappa shape index (κ1) is 20.2. The number of nitrogens with zero attached hydrogens (tertiary/aromatic N) is 5. The summed E-state index contributed by atoms with van der Waals surface area (Å²) >= 11 is 1.74. The molecule has 0 aliphatic carbocycles. The fraction of sp³-hybridized carbons (Fsp3) is 0.429. The summed E-state index contributed by atoms with van der Waals surface area (Å²) in [7, 11) is 1.68. The van der Waals surface area contributed by atoms with Crippen molar-refractivity contribution < 1.29 is 4.74 Å². The van der Waals surface area contributed by atoms with Gasteiger partial charge in [-0.05, 0) is 36.3 Å². The Bertz CT molecular complexity index is 942. The van der Waals surface area contributed by atoms with Gasteiger partial charge in [0, 0.05) is 22.8 Å². The van der Waals surface area contributed by atoms with Crippen LogP contribution in [0.15, 0.2) is 29.7 Å². The van der Waals surface area contributed by atoms with Gasteiger partial charge in [-0.3, -0.25) is 0 Å². The largest absolute Gasteiger partial charge is 0.496 e. The third-order valence-corrected chi connectivity index (χ3v) is 5.51. The molecule has 0 aliphatic heterocycles. The summed E-state index contributed by atoms with van der Waals surface area (Å²) < 4.78 is 5.50. The van der Waals surface area contributed by atoms with E-state index in [4.69, 9.17) is 9.72 Å². The molecule has 0 radical (unpaired) electrons. The Hall–Kier alpha value is -2.54. The molecular weight excluding hydrogens is 370 g/mol. The normalized spacial score (nSPS) is 11.8. The molecule has 2 heterocycles. The topological polar surface area (TPSA) is 65.7 Å². The molecule has 2 aromatic heterocycles. The number of hydrogen-bond donors (Lipinski definition) is 0. The first-order valence-electron chi connectivity index (χ1n) is 9.57. The van der Waals surface area contributed by atoms with Gasteiger partial charge in [-0.2, -0.15) is 0 Å². The average molecular weight is 398 g/mol. The lowest BCUT2D eigenvalue weighted by Gasteiger charge is -2.07. The number of ether oxygens (including phenoxy) is 1. The highest BCUT2D eigenvalue weighted by atomic mass is 32.1. The molecule has 0 bridgehead atoms. The van der Waals surface area contributed by atoms with E-state index in [0.29, 0.717) is 5.92 Å². The Kier molecular flexibility index (Phi) is 6.57. The van der Waals surface area contributed by atoms with Crippen LogP contribution in [0.2, 0.25) is 0 Å². The van der Waals surface area contributed by atoms with Crippen LogP contribution in [0.4, 0.5) is 0 Å². The number of allylic oxidation sites excluding steroid dienone is 1. The standard InChI is InChI=1S/C21H27N5OS/c1-14(2)20-23-25-26(24-20)18-10-11-19(27-5)16(12-18)8-6-7-9-17-13-28-21(22-17)15(3)4/h6,8,10-15H,7,9H2,1-5H3. The molecule has 0 saturated carbocycles. The molecule has 3 rings (SSSR count). The molecule has 0 unspecified atom stereocenters. The zero-order chi connectivity index (χ0) is 20.1. The van der Waals surface area contributed by atoms with Crippen LogP contribution in [0.1, 0.15) is 68.0 Å². The predicted molar refractivity (Wildman–Crippen MR) is 113 cm³/mol. The number of benzene rings is 1. The molecule has 0 aliphatic rings. The Labute approximate surface area is 170 Å². The van der Waals surface area contributed by atoms with Crippen molar-refractivity contribution in [3.63, 3.8) is 0 Å². The van der Waals surface area contributed by atoms with Gasteiger partial charge in [0.1, 0.15) is 5.75 Å². The highest BCUT2D eigenvalue weighted by molar-refractivity contribution is 7.09.